The van der Waals surface area contributed by atoms with Crippen LogP contribution in [0.25, 0.3) is 0 Å². The zero-order chi connectivity index (χ0) is 28.0. The van der Waals surface area contributed by atoms with Gasteiger partial charge in [-0.15, -0.1) is 0 Å². The fraction of sp³-hybridized carbons (Fsp3) is 0.214. The Morgan fingerprint density at radius 3 is 1.66 bits per heavy atom. The van der Waals surface area contributed by atoms with E-state index >= 15 is 0 Å². The van der Waals surface area contributed by atoms with E-state index in [0.717, 1.165) is 11.4 Å². The topological polar surface area (TPSA) is 114 Å². The van der Waals surface area contributed by atoms with Crippen LogP contribution in [-0.2, 0) is 17.8 Å². The minimum absolute atomic E-state index is 0.143. The van der Waals surface area contributed by atoms with Crippen LogP contribution in [0, 0.1) is 13.8 Å². The molecule has 0 aliphatic heterocycles. The molecule has 4 aromatic rings. The molecular weight excluding hydrogens is 531 g/mol. The number of aromatic hydroxyl groups is 2. The summed E-state index contributed by atoms with van der Waals surface area (Å²) in [5.74, 6) is -0.985. The average molecular weight is 559 g/mol. The predicted molar refractivity (Wildman–Crippen MR) is 146 cm³/mol. The van der Waals surface area contributed by atoms with Gasteiger partial charge in [0.05, 0.1) is 30.8 Å². The van der Waals surface area contributed by atoms with Gasteiger partial charge in [0.15, 0.2) is 0 Å². The van der Waals surface area contributed by atoms with Crippen molar-refractivity contribution in [2.45, 2.75) is 33.9 Å². The summed E-state index contributed by atoms with van der Waals surface area (Å²) in [6.45, 7) is 6.64. The van der Waals surface area contributed by atoms with E-state index in [9.17, 15) is 19.8 Å². The average Bonchev–Trinajstić information content (AvgIpc) is 3.41. The Morgan fingerprint density at radius 2 is 1.24 bits per heavy atom. The van der Waals surface area contributed by atoms with E-state index < -0.39 is 5.97 Å². The highest BCUT2D eigenvalue weighted by Gasteiger charge is 2.13. The van der Waals surface area contributed by atoms with Gasteiger partial charge in [0, 0.05) is 45.0 Å². The number of carboxylic acid groups (broad SMARTS) is 1. The van der Waals surface area contributed by atoms with Crippen molar-refractivity contribution in [2.24, 2.45) is 0 Å². The van der Waals surface area contributed by atoms with Crippen molar-refractivity contribution in [3.8, 4) is 11.5 Å². The molecule has 3 N–H and O–H groups in total. The molecule has 200 valence electrons. The van der Waals surface area contributed by atoms with Crippen LogP contribution in [0.2, 0.25) is 10.0 Å². The Balaban J connectivity index is 0.000000212. The molecule has 38 heavy (non-hydrogen) atoms. The maximum absolute atomic E-state index is 11.7. The van der Waals surface area contributed by atoms with E-state index in [1.807, 2.05) is 18.4 Å². The number of phenols is 2. The maximum Gasteiger partial charge on any atom is 0.339 e. The SMILES string of the molecule is CCOC(=O)c1cc(C)n(Cc2cc(Cl)ccc2O)c1.Cc1cc(C(=O)O)cn1Cc1cc(Cl)ccc1O. The van der Waals surface area contributed by atoms with Crippen LogP contribution < -0.4 is 0 Å². The van der Waals surface area contributed by atoms with Crippen LogP contribution in [-0.4, -0.2) is 43.0 Å². The van der Waals surface area contributed by atoms with Gasteiger partial charge in [0.1, 0.15) is 11.5 Å². The van der Waals surface area contributed by atoms with E-state index in [2.05, 4.69) is 0 Å². The minimum Gasteiger partial charge on any atom is -0.508 e. The highest BCUT2D eigenvalue weighted by atomic mass is 35.5. The number of carbonyl (C=O) groups is 2. The van der Waals surface area contributed by atoms with Crippen LogP contribution in [0.15, 0.2) is 60.9 Å². The Bertz CT molecular complexity index is 1460. The first kappa shape index (κ1) is 28.7. The van der Waals surface area contributed by atoms with E-state index in [1.54, 1.807) is 60.2 Å². The standard InChI is InChI=1S/C15H16ClNO3.C13H12ClNO3/c1-3-20-15(19)12-6-10(2)17(9-12)8-11-7-13(16)4-5-14(11)18;1-8-4-10(13(17)18)7-15(8)6-9-5-11(14)2-3-12(9)16/h4-7,9,18H,3,8H2,1-2H3;2-5,7,16H,6H2,1H3,(H,17,18). The summed E-state index contributed by atoms with van der Waals surface area (Å²) in [5.41, 5.74) is 3.81. The van der Waals surface area contributed by atoms with Crippen molar-refractivity contribution in [3.05, 3.63) is 105 Å². The molecule has 0 saturated carbocycles. The number of carbonyl (C=O) groups excluding carboxylic acids is 1. The van der Waals surface area contributed by atoms with Crippen LogP contribution in [0.1, 0.15) is 50.2 Å². The van der Waals surface area contributed by atoms with E-state index in [4.69, 9.17) is 33.0 Å². The molecule has 0 aliphatic carbocycles. The molecule has 0 saturated heterocycles. The maximum atomic E-state index is 11.7. The van der Waals surface area contributed by atoms with Crippen LogP contribution in [0.4, 0.5) is 0 Å². The lowest BCUT2D eigenvalue weighted by Gasteiger charge is -2.08. The summed E-state index contributed by atoms with van der Waals surface area (Å²) in [6, 6.07) is 13.0. The van der Waals surface area contributed by atoms with Crippen LogP contribution in [0.5, 0.6) is 11.5 Å². The molecule has 0 fully saturated rings. The number of hydrogen-bond acceptors (Lipinski definition) is 5. The second-order valence-corrected chi connectivity index (χ2v) is 9.44. The molecule has 8 nitrogen and oxygen atoms in total. The molecule has 2 aromatic heterocycles. The van der Waals surface area contributed by atoms with Crippen LogP contribution in [0.3, 0.4) is 0 Å². The summed E-state index contributed by atoms with van der Waals surface area (Å²) in [5, 5.41) is 29.5. The molecule has 10 heteroatoms. The van der Waals surface area contributed by atoms with Crippen molar-refractivity contribution < 1.29 is 29.6 Å². The first-order valence-corrected chi connectivity index (χ1v) is 12.4. The number of aryl methyl sites for hydroxylation is 2. The third-order valence-corrected chi connectivity index (χ3v) is 6.22. The molecule has 0 aliphatic rings. The Hall–Kier alpha value is -3.88. The number of aromatic carboxylic acids is 1. The van der Waals surface area contributed by atoms with E-state index in [0.29, 0.717) is 46.4 Å². The fourth-order valence-electron chi connectivity index (χ4n) is 3.74. The van der Waals surface area contributed by atoms with Gasteiger partial charge in [-0.3, -0.25) is 0 Å². The van der Waals surface area contributed by atoms with Gasteiger partial charge in [0.2, 0.25) is 0 Å². The second-order valence-electron chi connectivity index (χ2n) is 8.57. The molecule has 0 bridgehead atoms. The summed E-state index contributed by atoms with van der Waals surface area (Å²) >= 11 is 11.8. The first-order valence-electron chi connectivity index (χ1n) is 11.7. The first-order chi connectivity index (χ1) is 18.0. The van der Waals surface area contributed by atoms with Crippen molar-refractivity contribution in [1.29, 1.82) is 0 Å². The lowest BCUT2D eigenvalue weighted by Crippen LogP contribution is -2.04. The highest BCUT2D eigenvalue weighted by Crippen LogP contribution is 2.24. The molecule has 4 rings (SSSR count). The zero-order valence-electron chi connectivity index (χ0n) is 21.1. The van der Waals surface area contributed by atoms with Crippen molar-refractivity contribution in [3.63, 3.8) is 0 Å². The van der Waals surface area contributed by atoms with Gasteiger partial charge in [-0.05, 0) is 69.3 Å². The molecule has 0 radical (unpaired) electrons. The van der Waals surface area contributed by atoms with Crippen molar-refractivity contribution >= 4 is 35.1 Å². The number of rotatable bonds is 7. The quantitative estimate of drug-likeness (QED) is 0.230. The Morgan fingerprint density at radius 1 is 0.789 bits per heavy atom. The van der Waals surface area contributed by atoms with Gasteiger partial charge in [-0.1, -0.05) is 23.2 Å². The number of aromatic nitrogens is 2. The molecular formula is C28H28Cl2N2O6. The number of carboxylic acids is 1. The third kappa shape index (κ3) is 7.34. The van der Waals surface area contributed by atoms with Gasteiger partial charge in [0.25, 0.3) is 0 Å². The van der Waals surface area contributed by atoms with Crippen LogP contribution >= 0.6 is 23.2 Å². The van der Waals surface area contributed by atoms with E-state index in [-0.39, 0.29) is 23.0 Å². The smallest absolute Gasteiger partial charge is 0.339 e. The number of esters is 1. The summed E-state index contributed by atoms with van der Waals surface area (Å²) in [7, 11) is 0. The number of benzene rings is 2. The van der Waals surface area contributed by atoms with Gasteiger partial charge < -0.3 is 29.2 Å². The molecule has 0 unspecified atom stereocenters. The monoisotopic (exact) mass is 558 g/mol. The van der Waals surface area contributed by atoms with Crippen molar-refractivity contribution in [2.75, 3.05) is 6.61 Å². The number of phenolic OH excluding ortho intramolecular Hbond substituents is 2. The number of hydrogen-bond donors (Lipinski definition) is 3. The zero-order valence-corrected chi connectivity index (χ0v) is 22.6. The number of halogens is 2. The second kappa shape index (κ2) is 12.6. The highest BCUT2D eigenvalue weighted by molar-refractivity contribution is 6.31. The molecule has 0 spiro atoms. The Kier molecular flexibility index (Phi) is 9.50. The molecule has 2 aromatic carbocycles. The lowest BCUT2D eigenvalue weighted by atomic mass is 10.2. The van der Waals surface area contributed by atoms with E-state index in [1.165, 1.54) is 12.3 Å². The molecule has 0 atom stereocenters. The third-order valence-electron chi connectivity index (χ3n) is 5.75. The lowest BCUT2D eigenvalue weighted by molar-refractivity contribution is 0.0525. The Labute approximate surface area is 230 Å². The fourth-order valence-corrected chi connectivity index (χ4v) is 4.13. The van der Waals surface area contributed by atoms with Gasteiger partial charge >= 0.3 is 11.9 Å². The minimum atomic E-state index is -0.966. The molecule has 0 amide bonds. The number of ether oxygens (including phenoxy) is 1. The summed E-state index contributed by atoms with van der Waals surface area (Å²) in [6.07, 6.45) is 3.26. The summed E-state index contributed by atoms with van der Waals surface area (Å²) < 4.78 is 8.60. The van der Waals surface area contributed by atoms with Crippen molar-refractivity contribution in [1.82, 2.24) is 9.13 Å². The predicted octanol–water partition coefficient (Wildman–Crippen LogP) is 6.28. The summed E-state index contributed by atoms with van der Waals surface area (Å²) in [4.78, 5) is 22.5. The van der Waals surface area contributed by atoms with Gasteiger partial charge in [-0.2, -0.15) is 0 Å². The molecule has 2 heterocycles. The largest absolute Gasteiger partial charge is 0.508 e. The van der Waals surface area contributed by atoms with Gasteiger partial charge in [-0.25, -0.2) is 9.59 Å². The normalized spacial score (nSPS) is 10.6. The number of nitrogens with zero attached hydrogens (tertiary/aromatic N) is 2.